The van der Waals surface area contributed by atoms with Crippen molar-refractivity contribution in [3.63, 3.8) is 0 Å². The number of aryl methyl sites for hydroxylation is 1. The van der Waals surface area contributed by atoms with Gasteiger partial charge in [0.1, 0.15) is 11.5 Å². The zero-order chi connectivity index (χ0) is 20.8. The molecule has 1 fully saturated rings. The summed E-state index contributed by atoms with van der Waals surface area (Å²) in [5.74, 6) is 1.40. The third-order valence-electron chi connectivity index (χ3n) is 7.26. The monoisotopic (exact) mass is 411 g/mol. The lowest BCUT2D eigenvalue weighted by Crippen LogP contribution is -2.43. The molecule has 0 atom stereocenters. The van der Waals surface area contributed by atoms with Gasteiger partial charge in [-0.05, 0) is 60.8 Å². The second kappa shape index (κ2) is 7.15. The van der Waals surface area contributed by atoms with E-state index in [9.17, 15) is 4.79 Å². The molecule has 6 rings (SSSR count). The minimum absolute atomic E-state index is 0.103. The fourth-order valence-electron chi connectivity index (χ4n) is 5.59. The molecule has 1 amide bonds. The first-order chi connectivity index (χ1) is 15.2. The van der Waals surface area contributed by atoms with Crippen molar-refractivity contribution in [1.29, 1.82) is 0 Å². The molecule has 2 aromatic heterocycles. The summed E-state index contributed by atoms with van der Waals surface area (Å²) in [5, 5.41) is 2.93. The predicted molar refractivity (Wildman–Crippen MR) is 119 cm³/mol. The Hall–Kier alpha value is -3.28. The Kier molecular flexibility index (Phi) is 4.26. The van der Waals surface area contributed by atoms with E-state index in [0.29, 0.717) is 23.5 Å². The maximum absolute atomic E-state index is 12.6. The standard InChI is InChI=1S/C25H25N5O/c31-24-21-19(8-13-27-24)23(29-22(28-21)18-5-3-12-26-16-18)30-14-10-25(11-15-30)9-7-17-4-1-2-6-20(17)25/h1-6,12,16H,7-11,13-15H2,(H,27,31). The van der Waals surface area contributed by atoms with Crippen LogP contribution in [0.4, 0.5) is 5.82 Å². The number of hydrogen-bond donors (Lipinski definition) is 1. The van der Waals surface area contributed by atoms with Gasteiger partial charge in [-0.25, -0.2) is 9.97 Å². The number of hydrogen-bond acceptors (Lipinski definition) is 5. The molecule has 1 saturated heterocycles. The SMILES string of the molecule is O=C1NCCc2c1nc(-c1cccnc1)nc2N1CCC2(CCc3ccccc32)CC1. The van der Waals surface area contributed by atoms with Crippen LogP contribution in [0.1, 0.15) is 46.4 Å². The number of carbonyl (C=O) groups excluding carboxylic acids is 1. The van der Waals surface area contributed by atoms with Crippen LogP contribution in [0.5, 0.6) is 0 Å². The van der Waals surface area contributed by atoms with Gasteiger partial charge in [0.2, 0.25) is 0 Å². The van der Waals surface area contributed by atoms with Gasteiger partial charge in [-0.15, -0.1) is 0 Å². The molecule has 2 aliphatic heterocycles. The summed E-state index contributed by atoms with van der Waals surface area (Å²) in [4.78, 5) is 28.8. The molecule has 1 spiro atoms. The van der Waals surface area contributed by atoms with E-state index in [1.165, 1.54) is 18.4 Å². The number of piperidine rings is 1. The van der Waals surface area contributed by atoms with E-state index < -0.39 is 0 Å². The zero-order valence-corrected chi connectivity index (χ0v) is 17.5. The normalized spacial score (nSPS) is 19.1. The topological polar surface area (TPSA) is 71.0 Å². The highest BCUT2D eigenvalue weighted by atomic mass is 16.1. The molecule has 6 nitrogen and oxygen atoms in total. The average molecular weight is 412 g/mol. The molecule has 4 heterocycles. The number of aromatic nitrogens is 3. The Morgan fingerprint density at radius 2 is 1.84 bits per heavy atom. The lowest BCUT2D eigenvalue weighted by atomic mass is 9.74. The minimum atomic E-state index is -0.103. The summed E-state index contributed by atoms with van der Waals surface area (Å²) >= 11 is 0. The van der Waals surface area contributed by atoms with Crippen LogP contribution in [0.15, 0.2) is 48.8 Å². The fraction of sp³-hybridized carbons (Fsp3) is 0.360. The molecule has 0 saturated carbocycles. The summed E-state index contributed by atoms with van der Waals surface area (Å²) < 4.78 is 0. The van der Waals surface area contributed by atoms with E-state index in [0.717, 1.165) is 49.3 Å². The predicted octanol–water partition coefficient (Wildman–Crippen LogP) is 3.31. The smallest absolute Gasteiger partial charge is 0.270 e. The van der Waals surface area contributed by atoms with Gasteiger partial charge in [-0.1, -0.05) is 24.3 Å². The summed E-state index contributed by atoms with van der Waals surface area (Å²) in [6.45, 7) is 2.54. The van der Waals surface area contributed by atoms with Crippen molar-refractivity contribution < 1.29 is 4.79 Å². The number of amides is 1. The van der Waals surface area contributed by atoms with Crippen molar-refractivity contribution in [2.45, 2.75) is 37.5 Å². The number of benzene rings is 1. The summed E-state index contributed by atoms with van der Waals surface area (Å²) in [7, 11) is 0. The van der Waals surface area contributed by atoms with E-state index in [-0.39, 0.29) is 5.91 Å². The Bertz CT molecular complexity index is 1150. The van der Waals surface area contributed by atoms with Crippen molar-refractivity contribution in [2.24, 2.45) is 0 Å². The largest absolute Gasteiger partial charge is 0.356 e. The van der Waals surface area contributed by atoms with E-state index in [2.05, 4.69) is 44.5 Å². The Labute approximate surface area is 181 Å². The molecule has 3 aromatic rings. The van der Waals surface area contributed by atoms with Crippen molar-refractivity contribution in [3.8, 4) is 11.4 Å². The molecular weight excluding hydrogens is 386 g/mol. The first kappa shape index (κ1) is 18.5. The molecule has 3 aliphatic rings. The van der Waals surface area contributed by atoms with Crippen molar-refractivity contribution in [1.82, 2.24) is 20.3 Å². The third-order valence-corrected chi connectivity index (χ3v) is 7.26. The number of carbonyl (C=O) groups is 1. The molecule has 0 bridgehead atoms. The maximum Gasteiger partial charge on any atom is 0.270 e. The van der Waals surface area contributed by atoms with Gasteiger partial charge in [-0.2, -0.15) is 0 Å². The number of nitrogens with zero attached hydrogens (tertiary/aromatic N) is 4. The molecular formula is C25H25N5O. The van der Waals surface area contributed by atoms with Crippen molar-refractivity contribution in [2.75, 3.05) is 24.5 Å². The van der Waals surface area contributed by atoms with Crippen LogP contribution in [0, 0.1) is 0 Å². The van der Waals surface area contributed by atoms with Crippen LogP contribution in [0.2, 0.25) is 0 Å². The first-order valence-corrected chi connectivity index (χ1v) is 11.2. The van der Waals surface area contributed by atoms with E-state index >= 15 is 0 Å². The second-order valence-corrected chi connectivity index (χ2v) is 8.87. The van der Waals surface area contributed by atoms with Gasteiger partial charge in [0.05, 0.1) is 0 Å². The fourth-order valence-corrected chi connectivity index (χ4v) is 5.59. The van der Waals surface area contributed by atoms with E-state index in [1.807, 2.05) is 12.1 Å². The van der Waals surface area contributed by atoms with E-state index in [4.69, 9.17) is 4.98 Å². The van der Waals surface area contributed by atoms with E-state index in [1.54, 1.807) is 18.0 Å². The third kappa shape index (κ3) is 3.00. The molecule has 156 valence electrons. The molecule has 1 N–H and O–H groups in total. The number of pyridine rings is 1. The van der Waals surface area contributed by atoms with Gasteiger partial charge < -0.3 is 10.2 Å². The van der Waals surface area contributed by atoms with Gasteiger partial charge in [0.25, 0.3) is 5.91 Å². The Morgan fingerprint density at radius 1 is 0.968 bits per heavy atom. The first-order valence-electron chi connectivity index (χ1n) is 11.2. The zero-order valence-electron chi connectivity index (χ0n) is 17.5. The van der Waals surface area contributed by atoms with Crippen molar-refractivity contribution >= 4 is 11.7 Å². The quantitative estimate of drug-likeness (QED) is 0.701. The van der Waals surface area contributed by atoms with Gasteiger partial charge >= 0.3 is 0 Å². The lowest BCUT2D eigenvalue weighted by Gasteiger charge is -2.41. The molecule has 0 unspecified atom stereocenters. The Balaban J connectivity index is 1.36. The number of anilines is 1. The molecule has 31 heavy (non-hydrogen) atoms. The summed E-state index contributed by atoms with van der Waals surface area (Å²) in [6, 6.07) is 12.8. The summed E-state index contributed by atoms with van der Waals surface area (Å²) in [6.07, 6.45) is 8.93. The maximum atomic E-state index is 12.6. The van der Waals surface area contributed by atoms with Crippen LogP contribution >= 0.6 is 0 Å². The molecule has 1 aromatic carbocycles. The van der Waals surface area contributed by atoms with Crippen LogP contribution in [-0.4, -0.2) is 40.5 Å². The summed E-state index contributed by atoms with van der Waals surface area (Å²) in [5.41, 5.74) is 5.70. The molecule has 1 aliphatic carbocycles. The van der Waals surface area contributed by atoms with Gasteiger partial charge in [-0.3, -0.25) is 9.78 Å². The molecule has 0 radical (unpaired) electrons. The highest BCUT2D eigenvalue weighted by molar-refractivity contribution is 5.96. The lowest BCUT2D eigenvalue weighted by molar-refractivity contribution is 0.0940. The highest BCUT2D eigenvalue weighted by Crippen LogP contribution is 2.47. The van der Waals surface area contributed by atoms with Gasteiger partial charge in [0.15, 0.2) is 5.82 Å². The average Bonchev–Trinajstić information content (AvgIpc) is 3.18. The van der Waals surface area contributed by atoms with Crippen LogP contribution in [-0.2, 0) is 18.3 Å². The van der Waals surface area contributed by atoms with Gasteiger partial charge in [0, 0.05) is 43.2 Å². The molecule has 6 heteroatoms. The highest BCUT2D eigenvalue weighted by Gasteiger charge is 2.41. The van der Waals surface area contributed by atoms with Crippen molar-refractivity contribution in [3.05, 3.63) is 71.2 Å². The second-order valence-electron chi connectivity index (χ2n) is 8.87. The van der Waals surface area contributed by atoms with Crippen LogP contribution in [0.3, 0.4) is 0 Å². The van der Waals surface area contributed by atoms with Crippen LogP contribution in [0.25, 0.3) is 11.4 Å². The number of nitrogens with one attached hydrogen (secondary N) is 1. The minimum Gasteiger partial charge on any atom is -0.356 e. The van der Waals surface area contributed by atoms with Crippen LogP contribution < -0.4 is 10.2 Å². The number of rotatable bonds is 2. The Morgan fingerprint density at radius 3 is 2.68 bits per heavy atom. The number of fused-ring (bicyclic) bond motifs is 3.